The highest BCUT2D eigenvalue weighted by Crippen LogP contribution is 2.31. The van der Waals surface area contributed by atoms with Crippen LogP contribution in [0.1, 0.15) is 46.8 Å². The second kappa shape index (κ2) is 6.92. The lowest BCUT2D eigenvalue weighted by Crippen LogP contribution is -2.45. The highest BCUT2D eigenvalue weighted by atomic mass is 32.1. The summed E-state index contributed by atoms with van der Waals surface area (Å²) in [5.74, 6) is 2.62. The number of hydrogen-bond donors (Lipinski definition) is 1. The molecular formula is C19H25N3O2S. The molecule has 1 aliphatic carbocycles. The number of amides is 1. The predicted molar refractivity (Wildman–Crippen MR) is 98.9 cm³/mol. The maximum absolute atomic E-state index is 12.9. The van der Waals surface area contributed by atoms with Crippen molar-refractivity contribution < 1.29 is 9.21 Å². The first-order valence-corrected chi connectivity index (χ1v) is 9.98. The van der Waals surface area contributed by atoms with Crippen LogP contribution in [0.15, 0.2) is 16.5 Å². The molecule has 0 atom stereocenters. The molecule has 0 spiro atoms. The quantitative estimate of drug-likeness (QED) is 0.886. The van der Waals surface area contributed by atoms with Crippen molar-refractivity contribution >= 4 is 17.2 Å². The van der Waals surface area contributed by atoms with E-state index in [-0.39, 0.29) is 5.91 Å². The zero-order chi connectivity index (χ0) is 17.4. The fourth-order valence-corrected chi connectivity index (χ4v) is 4.33. The Morgan fingerprint density at radius 3 is 2.68 bits per heavy atom. The second-order valence-corrected chi connectivity index (χ2v) is 8.26. The molecule has 134 valence electrons. The molecule has 2 aliphatic rings. The van der Waals surface area contributed by atoms with Gasteiger partial charge in [-0.2, -0.15) is 0 Å². The van der Waals surface area contributed by atoms with E-state index in [0.29, 0.717) is 6.04 Å². The Hall–Kier alpha value is -1.66. The summed E-state index contributed by atoms with van der Waals surface area (Å²) in [5, 5.41) is 4.45. The second-order valence-electron chi connectivity index (χ2n) is 7.26. The molecule has 1 aliphatic heterocycles. The number of carbonyl (C=O) groups excluding carboxylic acids is 1. The van der Waals surface area contributed by atoms with Gasteiger partial charge in [0.2, 0.25) is 0 Å². The summed E-state index contributed by atoms with van der Waals surface area (Å²) in [7, 11) is 0. The van der Waals surface area contributed by atoms with Crippen molar-refractivity contribution in [3.63, 3.8) is 0 Å². The topological polar surface area (TPSA) is 58.4 Å². The summed E-state index contributed by atoms with van der Waals surface area (Å²) in [6.07, 6.45) is 4.85. The van der Waals surface area contributed by atoms with Crippen molar-refractivity contribution in [1.29, 1.82) is 0 Å². The molecule has 4 rings (SSSR count). The summed E-state index contributed by atoms with van der Waals surface area (Å²) < 4.78 is 5.64. The molecular weight excluding hydrogens is 334 g/mol. The van der Waals surface area contributed by atoms with Crippen molar-refractivity contribution in [2.45, 2.75) is 45.6 Å². The van der Waals surface area contributed by atoms with Crippen LogP contribution in [-0.2, 0) is 0 Å². The number of carbonyl (C=O) groups is 1. The molecule has 0 aromatic carbocycles. The van der Waals surface area contributed by atoms with Crippen LogP contribution in [0, 0.1) is 19.8 Å². The number of furan rings is 1. The van der Waals surface area contributed by atoms with Gasteiger partial charge in [-0.3, -0.25) is 4.79 Å². The van der Waals surface area contributed by atoms with Crippen LogP contribution in [-0.4, -0.2) is 41.5 Å². The number of aryl methyl sites for hydroxylation is 2. The van der Waals surface area contributed by atoms with E-state index in [1.807, 2.05) is 30.9 Å². The Morgan fingerprint density at radius 1 is 1.28 bits per heavy atom. The van der Waals surface area contributed by atoms with Crippen LogP contribution < -0.4 is 5.32 Å². The van der Waals surface area contributed by atoms with Gasteiger partial charge in [0.15, 0.2) is 10.8 Å². The van der Waals surface area contributed by atoms with Gasteiger partial charge in [-0.25, -0.2) is 4.98 Å². The molecule has 1 saturated carbocycles. The van der Waals surface area contributed by atoms with E-state index in [4.69, 9.17) is 4.42 Å². The van der Waals surface area contributed by atoms with Gasteiger partial charge in [0.1, 0.15) is 10.6 Å². The smallest absolute Gasteiger partial charge is 0.265 e. The average Bonchev–Trinajstić information content (AvgIpc) is 3.22. The Bertz CT molecular complexity index is 755. The summed E-state index contributed by atoms with van der Waals surface area (Å²) in [6, 6.07) is 4.40. The van der Waals surface area contributed by atoms with E-state index < -0.39 is 0 Å². The van der Waals surface area contributed by atoms with Crippen LogP contribution in [0.25, 0.3) is 10.8 Å². The van der Waals surface area contributed by atoms with Crippen LogP contribution >= 0.6 is 11.3 Å². The molecule has 2 aromatic rings. The van der Waals surface area contributed by atoms with Crippen LogP contribution in [0.4, 0.5) is 0 Å². The number of piperidine rings is 1. The molecule has 1 saturated heterocycles. The van der Waals surface area contributed by atoms with Gasteiger partial charge >= 0.3 is 0 Å². The van der Waals surface area contributed by atoms with E-state index in [2.05, 4.69) is 10.3 Å². The van der Waals surface area contributed by atoms with Crippen LogP contribution in [0.3, 0.4) is 0 Å². The molecule has 0 bridgehead atoms. The third-order valence-electron chi connectivity index (χ3n) is 5.12. The number of thiazole rings is 1. The van der Waals surface area contributed by atoms with Crippen molar-refractivity contribution in [1.82, 2.24) is 15.2 Å². The fourth-order valence-electron chi connectivity index (χ4n) is 3.34. The number of hydrogen-bond acceptors (Lipinski definition) is 5. The number of likely N-dealkylation sites (tertiary alicyclic amines) is 1. The lowest BCUT2D eigenvalue weighted by atomic mass is 10.0. The minimum Gasteiger partial charge on any atom is -0.459 e. The van der Waals surface area contributed by atoms with E-state index in [9.17, 15) is 4.79 Å². The summed E-state index contributed by atoms with van der Waals surface area (Å²) in [4.78, 5) is 20.2. The van der Waals surface area contributed by atoms with Gasteiger partial charge < -0.3 is 14.6 Å². The van der Waals surface area contributed by atoms with Gasteiger partial charge in [0.25, 0.3) is 5.91 Å². The summed E-state index contributed by atoms with van der Waals surface area (Å²) in [6.45, 7) is 6.63. The molecule has 25 heavy (non-hydrogen) atoms. The molecule has 2 aromatic heterocycles. The highest BCUT2D eigenvalue weighted by molar-refractivity contribution is 7.17. The lowest BCUT2D eigenvalue weighted by Gasteiger charge is -2.32. The molecule has 3 heterocycles. The number of rotatable bonds is 5. The van der Waals surface area contributed by atoms with Crippen molar-refractivity contribution in [2.75, 3.05) is 19.6 Å². The third-order valence-corrected chi connectivity index (χ3v) is 6.28. The lowest BCUT2D eigenvalue weighted by molar-refractivity contribution is 0.0709. The maximum atomic E-state index is 12.9. The number of aromatic nitrogens is 1. The molecule has 6 heteroatoms. The Morgan fingerprint density at radius 2 is 2.04 bits per heavy atom. The maximum Gasteiger partial charge on any atom is 0.265 e. The Balaban J connectivity index is 1.38. The van der Waals surface area contributed by atoms with Crippen LogP contribution in [0.2, 0.25) is 0 Å². The first kappa shape index (κ1) is 16.8. The van der Waals surface area contributed by atoms with Gasteiger partial charge in [-0.1, -0.05) is 0 Å². The average molecular weight is 359 g/mol. The SMILES string of the molecule is Cc1ccc(-c2nc(C)c(C(=O)N3CCC(NCC4CC4)CC3)s2)o1. The van der Waals surface area contributed by atoms with Crippen LogP contribution in [0.5, 0.6) is 0 Å². The highest BCUT2D eigenvalue weighted by Gasteiger charge is 2.28. The van der Waals surface area contributed by atoms with Gasteiger partial charge in [-0.15, -0.1) is 11.3 Å². The predicted octanol–water partition coefficient (Wildman–Crippen LogP) is 3.62. The standard InChI is InChI=1S/C19H25N3O2S/c1-12-3-6-16(24-12)18-21-13(2)17(25-18)19(23)22-9-7-15(8-10-22)20-11-14-4-5-14/h3,6,14-15,20H,4-5,7-11H2,1-2H3. The molecule has 2 fully saturated rings. The molecule has 0 unspecified atom stereocenters. The number of nitrogens with one attached hydrogen (secondary N) is 1. The van der Waals surface area contributed by atoms with Crippen molar-refractivity contribution in [2.24, 2.45) is 5.92 Å². The van der Waals surface area contributed by atoms with Gasteiger partial charge in [0, 0.05) is 19.1 Å². The molecule has 0 radical (unpaired) electrons. The zero-order valence-electron chi connectivity index (χ0n) is 14.9. The normalized spacial score (nSPS) is 18.7. The molecule has 5 nitrogen and oxygen atoms in total. The van der Waals surface area contributed by atoms with E-state index >= 15 is 0 Å². The first-order valence-electron chi connectivity index (χ1n) is 9.17. The minimum atomic E-state index is 0.116. The summed E-state index contributed by atoms with van der Waals surface area (Å²) >= 11 is 1.44. The first-order chi connectivity index (χ1) is 12.1. The summed E-state index contributed by atoms with van der Waals surface area (Å²) in [5.41, 5.74) is 0.799. The minimum absolute atomic E-state index is 0.116. The van der Waals surface area contributed by atoms with Gasteiger partial charge in [-0.05, 0) is 64.1 Å². The monoisotopic (exact) mass is 359 g/mol. The molecule has 1 amide bonds. The zero-order valence-corrected chi connectivity index (χ0v) is 15.7. The van der Waals surface area contributed by atoms with Crippen molar-refractivity contribution in [3.05, 3.63) is 28.5 Å². The Labute approximate surface area is 152 Å². The molecule has 1 N–H and O–H groups in total. The third kappa shape index (κ3) is 3.80. The van der Waals surface area contributed by atoms with E-state index in [0.717, 1.165) is 65.5 Å². The van der Waals surface area contributed by atoms with E-state index in [1.54, 1.807) is 0 Å². The van der Waals surface area contributed by atoms with E-state index in [1.165, 1.54) is 24.2 Å². The Kier molecular flexibility index (Phi) is 4.65. The fraction of sp³-hybridized carbons (Fsp3) is 0.579. The number of nitrogens with zero attached hydrogens (tertiary/aromatic N) is 2. The van der Waals surface area contributed by atoms with Gasteiger partial charge in [0.05, 0.1) is 5.69 Å². The van der Waals surface area contributed by atoms with Crippen molar-refractivity contribution in [3.8, 4) is 10.8 Å². The largest absolute Gasteiger partial charge is 0.459 e.